The molecule has 0 saturated carbocycles. The van der Waals surface area contributed by atoms with Gasteiger partial charge in [0.05, 0.1) is 6.07 Å². The summed E-state index contributed by atoms with van der Waals surface area (Å²) in [5.41, 5.74) is 1.16. The molecule has 1 aromatic carbocycles. The predicted octanol–water partition coefficient (Wildman–Crippen LogP) is 1.27. The zero-order chi connectivity index (χ0) is 11.8. The lowest BCUT2D eigenvalue weighted by molar-refractivity contribution is -0.122. The number of carbonyl (C=O) groups is 1. The van der Waals surface area contributed by atoms with Crippen LogP contribution in [0.15, 0.2) is 24.3 Å². The minimum atomic E-state index is -0.288. The van der Waals surface area contributed by atoms with Crippen molar-refractivity contribution < 1.29 is 9.53 Å². The largest absolute Gasteiger partial charge is 0.484 e. The van der Waals surface area contributed by atoms with Crippen molar-refractivity contribution in [1.29, 1.82) is 5.26 Å². The van der Waals surface area contributed by atoms with Gasteiger partial charge in [0, 0.05) is 0 Å². The van der Waals surface area contributed by atoms with Crippen molar-refractivity contribution in [2.45, 2.75) is 13.3 Å². The predicted molar refractivity (Wildman–Crippen MR) is 59.9 cm³/mol. The molecule has 0 radical (unpaired) electrons. The number of benzene rings is 1. The van der Waals surface area contributed by atoms with Crippen LogP contribution in [0.1, 0.15) is 12.5 Å². The SMILES string of the molecule is CCc1cccc(OCC(=O)NCC#N)c1. The number of hydrogen-bond donors (Lipinski definition) is 1. The van der Waals surface area contributed by atoms with Gasteiger partial charge in [0.2, 0.25) is 0 Å². The Morgan fingerprint density at radius 3 is 3.06 bits per heavy atom. The number of amides is 1. The van der Waals surface area contributed by atoms with E-state index >= 15 is 0 Å². The molecule has 0 bridgehead atoms. The Balaban J connectivity index is 2.42. The van der Waals surface area contributed by atoms with E-state index in [0.717, 1.165) is 12.0 Å². The first-order chi connectivity index (χ1) is 7.76. The van der Waals surface area contributed by atoms with Gasteiger partial charge in [-0.2, -0.15) is 5.26 Å². The summed E-state index contributed by atoms with van der Waals surface area (Å²) in [5.74, 6) is 0.384. The third-order valence-electron chi connectivity index (χ3n) is 2.04. The molecule has 0 aliphatic heterocycles. The average molecular weight is 218 g/mol. The summed E-state index contributed by atoms with van der Waals surface area (Å²) < 4.78 is 5.29. The molecule has 0 atom stereocenters. The zero-order valence-corrected chi connectivity index (χ0v) is 9.19. The third kappa shape index (κ3) is 4.01. The molecule has 0 spiro atoms. The van der Waals surface area contributed by atoms with Gasteiger partial charge in [0.15, 0.2) is 6.61 Å². The normalized spacial score (nSPS) is 9.25. The fourth-order valence-electron chi connectivity index (χ4n) is 1.19. The highest BCUT2D eigenvalue weighted by atomic mass is 16.5. The summed E-state index contributed by atoms with van der Waals surface area (Å²) in [7, 11) is 0. The molecule has 0 aromatic heterocycles. The van der Waals surface area contributed by atoms with Gasteiger partial charge in [0.25, 0.3) is 5.91 Å². The van der Waals surface area contributed by atoms with Crippen LogP contribution in [-0.2, 0) is 11.2 Å². The van der Waals surface area contributed by atoms with Gasteiger partial charge < -0.3 is 10.1 Å². The van der Waals surface area contributed by atoms with Crippen LogP contribution in [0, 0.1) is 11.3 Å². The van der Waals surface area contributed by atoms with E-state index in [-0.39, 0.29) is 19.1 Å². The Morgan fingerprint density at radius 2 is 2.38 bits per heavy atom. The molecular weight excluding hydrogens is 204 g/mol. The summed E-state index contributed by atoms with van der Waals surface area (Å²) in [6.45, 7) is 2.00. The van der Waals surface area contributed by atoms with E-state index in [1.165, 1.54) is 0 Å². The van der Waals surface area contributed by atoms with Gasteiger partial charge in [-0.15, -0.1) is 0 Å². The number of nitrogens with one attached hydrogen (secondary N) is 1. The van der Waals surface area contributed by atoms with Gasteiger partial charge in [-0.25, -0.2) is 0 Å². The molecule has 0 fully saturated rings. The van der Waals surface area contributed by atoms with Crippen molar-refractivity contribution >= 4 is 5.91 Å². The van der Waals surface area contributed by atoms with Crippen LogP contribution in [0.4, 0.5) is 0 Å². The van der Waals surface area contributed by atoms with E-state index in [4.69, 9.17) is 10.00 Å². The highest BCUT2D eigenvalue weighted by molar-refractivity contribution is 5.77. The van der Waals surface area contributed by atoms with Gasteiger partial charge in [-0.3, -0.25) is 4.79 Å². The topological polar surface area (TPSA) is 62.1 Å². The second-order valence-electron chi connectivity index (χ2n) is 3.22. The number of nitriles is 1. The minimum Gasteiger partial charge on any atom is -0.484 e. The number of ether oxygens (including phenoxy) is 1. The maximum Gasteiger partial charge on any atom is 0.258 e. The molecule has 1 rings (SSSR count). The standard InChI is InChI=1S/C12H14N2O2/c1-2-10-4-3-5-11(8-10)16-9-12(15)14-7-6-13/h3-5,8H,2,7,9H2,1H3,(H,14,15). The molecule has 16 heavy (non-hydrogen) atoms. The van der Waals surface area contributed by atoms with Crippen LogP contribution < -0.4 is 10.1 Å². The van der Waals surface area contributed by atoms with E-state index in [1.807, 2.05) is 24.3 Å². The number of aryl methyl sites for hydroxylation is 1. The zero-order valence-electron chi connectivity index (χ0n) is 9.19. The average Bonchev–Trinajstić information content (AvgIpc) is 2.34. The first-order valence-electron chi connectivity index (χ1n) is 5.11. The van der Waals surface area contributed by atoms with E-state index in [1.54, 1.807) is 6.07 Å². The molecular formula is C12H14N2O2. The number of hydrogen-bond acceptors (Lipinski definition) is 3. The molecule has 4 nitrogen and oxygen atoms in total. The van der Waals surface area contributed by atoms with E-state index in [9.17, 15) is 4.79 Å². The van der Waals surface area contributed by atoms with Crippen LogP contribution in [0.5, 0.6) is 5.75 Å². The first kappa shape index (κ1) is 12.1. The third-order valence-corrected chi connectivity index (χ3v) is 2.04. The second-order valence-corrected chi connectivity index (χ2v) is 3.22. The van der Waals surface area contributed by atoms with Crippen molar-refractivity contribution in [2.75, 3.05) is 13.2 Å². The molecule has 0 unspecified atom stereocenters. The number of nitrogens with zero attached hydrogens (tertiary/aromatic N) is 1. The maximum absolute atomic E-state index is 11.1. The fourth-order valence-corrected chi connectivity index (χ4v) is 1.19. The van der Waals surface area contributed by atoms with Crippen LogP contribution in [0.3, 0.4) is 0 Å². The van der Waals surface area contributed by atoms with Crippen LogP contribution in [-0.4, -0.2) is 19.1 Å². The lowest BCUT2D eigenvalue weighted by atomic mass is 10.2. The van der Waals surface area contributed by atoms with E-state index in [0.29, 0.717) is 5.75 Å². The molecule has 0 saturated heterocycles. The summed E-state index contributed by atoms with van der Waals surface area (Å²) in [6, 6.07) is 9.42. The van der Waals surface area contributed by atoms with Crippen LogP contribution in [0.2, 0.25) is 0 Å². The van der Waals surface area contributed by atoms with Crippen molar-refractivity contribution in [3.8, 4) is 11.8 Å². The number of rotatable bonds is 5. The Kier molecular flexibility index (Phi) is 4.87. The maximum atomic E-state index is 11.1. The Labute approximate surface area is 94.8 Å². The van der Waals surface area contributed by atoms with Crippen molar-refractivity contribution in [3.05, 3.63) is 29.8 Å². The van der Waals surface area contributed by atoms with Gasteiger partial charge >= 0.3 is 0 Å². The van der Waals surface area contributed by atoms with Crippen LogP contribution >= 0.6 is 0 Å². The Bertz CT molecular complexity index is 396. The molecule has 0 aliphatic carbocycles. The monoisotopic (exact) mass is 218 g/mol. The van der Waals surface area contributed by atoms with Crippen molar-refractivity contribution in [2.24, 2.45) is 0 Å². The molecule has 4 heteroatoms. The van der Waals surface area contributed by atoms with Gasteiger partial charge in [0.1, 0.15) is 12.3 Å². The second kappa shape index (κ2) is 6.46. The Hall–Kier alpha value is -2.02. The minimum absolute atomic E-state index is 0.0111. The summed E-state index contributed by atoms with van der Waals surface area (Å²) in [4.78, 5) is 11.1. The molecule has 0 heterocycles. The summed E-state index contributed by atoms with van der Waals surface area (Å²) >= 11 is 0. The van der Waals surface area contributed by atoms with Crippen LogP contribution in [0.25, 0.3) is 0 Å². The summed E-state index contributed by atoms with van der Waals surface area (Å²) in [5, 5.41) is 10.7. The number of carbonyl (C=O) groups excluding carboxylic acids is 1. The van der Waals surface area contributed by atoms with Gasteiger partial charge in [-0.1, -0.05) is 19.1 Å². The molecule has 0 aliphatic rings. The quantitative estimate of drug-likeness (QED) is 0.757. The first-order valence-corrected chi connectivity index (χ1v) is 5.11. The smallest absolute Gasteiger partial charge is 0.258 e. The van der Waals surface area contributed by atoms with E-state index in [2.05, 4.69) is 12.2 Å². The fraction of sp³-hybridized carbons (Fsp3) is 0.333. The van der Waals surface area contributed by atoms with Gasteiger partial charge in [-0.05, 0) is 24.1 Å². The Morgan fingerprint density at radius 1 is 1.56 bits per heavy atom. The highest BCUT2D eigenvalue weighted by Crippen LogP contribution is 2.13. The van der Waals surface area contributed by atoms with Crippen molar-refractivity contribution in [1.82, 2.24) is 5.32 Å². The summed E-state index contributed by atoms with van der Waals surface area (Å²) in [6.07, 6.45) is 0.928. The highest BCUT2D eigenvalue weighted by Gasteiger charge is 2.01. The lowest BCUT2D eigenvalue weighted by Crippen LogP contribution is -2.29. The van der Waals surface area contributed by atoms with Crippen molar-refractivity contribution in [3.63, 3.8) is 0 Å². The molecule has 84 valence electrons. The molecule has 1 amide bonds. The molecule has 1 N–H and O–H groups in total. The van der Waals surface area contributed by atoms with E-state index < -0.39 is 0 Å². The lowest BCUT2D eigenvalue weighted by Gasteiger charge is -2.06. The molecule has 1 aromatic rings.